The minimum atomic E-state index is 0.352. The van der Waals surface area contributed by atoms with Gasteiger partial charge in [0.15, 0.2) is 5.05 Å². The van der Waals surface area contributed by atoms with Crippen LogP contribution in [0.25, 0.3) is 0 Å². The van der Waals surface area contributed by atoms with Crippen LogP contribution in [-0.4, -0.2) is 11.7 Å². The van der Waals surface area contributed by atoms with E-state index in [-0.39, 0.29) is 0 Å². The SMILES string of the molecule is C=CC(=S)OCCC#N. The highest BCUT2D eigenvalue weighted by atomic mass is 32.1. The smallest absolute Gasteiger partial charge is 0.183 e. The van der Waals surface area contributed by atoms with Crippen molar-refractivity contribution >= 4 is 17.3 Å². The first-order valence-electron chi connectivity index (χ1n) is 2.47. The molecule has 0 amide bonds. The maximum absolute atomic E-state index is 8.05. The van der Waals surface area contributed by atoms with Gasteiger partial charge in [-0.15, -0.1) is 0 Å². The molecule has 48 valence electrons. The Labute approximate surface area is 59.7 Å². The van der Waals surface area contributed by atoms with Crippen molar-refractivity contribution < 1.29 is 4.74 Å². The quantitative estimate of drug-likeness (QED) is 0.338. The number of nitrogens with zero attached hydrogens (tertiary/aromatic N) is 1. The summed E-state index contributed by atoms with van der Waals surface area (Å²) in [5.41, 5.74) is 0. The van der Waals surface area contributed by atoms with Gasteiger partial charge in [-0.1, -0.05) is 6.58 Å². The number of ether oxygens (including phenoxy) is 1. The maximum Gasteiger partial charge on any atom is 0.183 e. The van der Waals surface area contributed by atoms with Gasteiger partial charge in [0.25, 0.3) is 0 Å². The number of hydrogen-bond donors (Lipinski definition) is 0. The standard InChI is InChI=1S/C6H7NOS/c1-2-6(9)8-5-3-4-7/h2H,1,3,5H2. The number of hydrogen-bond acceptors (Lipinski definition) is 3. The van der Waals surface area contributed by atoms with Crippen LogP contribution in [0, 0.1) is 11.3 Å². The van der Waals surface area contributed by atoms with Gasteiger partial charge in [0.2, 0.25) is 0 Å². The molecule has 0 aromatic heterocycles. The summed E-state index contributed by atoms with van der Waals surface area (Å²) < 4.78 is 4.82. The first kappa shape index (κ1) is 8.12. The van der Waals surface area contributed by atoms with Crippen molar-refractivity contribution in [3.63, 3.8) is 0 Å². The highest BCUT2D eigenvalue weighted by Crippen LogP contribution is 1.84. The van der Waals surface area contributed by atoms with Crippen LogP contribution in [0.4, 0.5) is 0 Å². The van der Waals surface area contributed by atoms with E-state index < -0.39 is 0 Å². The summed E-state index contributed by atoms with van der Waals surface area (Å²) >= 11 is 4.62. The zero-order valence-corrected chi connectivity index (χ0v) is 5.78. The van der Waals surface area contributed by atoms with Gasteiger partial charge in [0.05, 0.1) is 12.5 Å². The molecule has 3 heteroatoms. The zero-order valence-electron chi connectivity index (χ0n) is 4.96. The molecule has 0 spiro atoms. The molecule has 2 nitrogen and oxygen atoms in total. The molecule has 0 N–H and O–H groups in total. The topological polar surface area (TPSA) is 33.0 Å². The Morgan fingerprint density at radius 3 is 3.00 bits per heavy atom. The summed E-state index contributed by atoms with van der Waals surface area (Å²) in [5.74, 6) is 0. The molecular formula is C6H7NOS. The van der Waals surface area contributed by atoms with E-state index in [1.807, 2.05) is 6.07 Å². The molecule has 0 radical (unpaired) electrons. The van der Waals surface area contributed by atoms with Gasteiger partial charge in [0, 0.05) is 0 Å². The van der Waals surface area contributed by atoms with Gasteiger partial charge in [-0.2, -0.15) is 5.26 Å². The van der Waals surface area contributed by atoms with Crippen LogP contribution < -0.4 is 0 Å². The molecule has 0 aliphatic rings. The average molecular weight is 141 g/mol. The first-order chi connectivity index (χ1) is 4.31. The van der Waals surface area contributed by atoms with Crippen molar-refractivity contribution in [3.8, 4) is 6.07 Å². The predicted octanol–water partition coefficient (Wildman–Crippen LogP) is 1.43. The molecule has 0 aliphatic carbocycles. The third kappa shape index (κ3) is 4.98. The summed E-state index contributed by atoms with van der Waals surface area (Å²) in [5, 5.41) is 8.40. The molecule has 9 heavy (non-hydrogen) atoms. The Bertz CT molecular complexity index is 148. The van der Waals surface area contributed by atoms with Gasteiger partial charge >= 0.3 is 0 Å². The van der Waals surface area contributed by atoms with Gasteiger partial charge in [0.1, 0.15) is 6.61 Å². The van der Waals surface area contributed by atoms with Crippen LogP contribution in [0.5, 0.6) is 0 Å². The first-order valence-corrected chi connectivity index (χ1v) is 2.88. The Morgan fingerprint density at radius 1 is 1.89 bits per heavy atom. The summed E-state index contributed by atoms with van der Waals surface area (Å²) in [6.07, 6.45) is 1.81. The number of thiocarbonyl (C=S) groups is 1. The highest BCUT2D eigenvalue weighted by Gasteiger charge is 1.87. The molecule has 0 aromatic carbocycles. The van der Waals surface area contributed by atoms with E-state index in [9.17, 15) is 0 Å². The summed E-state index contributed by atoms with van der Waals surface area (Å²) in [4.78, 5) is 0. The molecule has 0 fully saturated rings. The van der Waals surface area contributed by atoms with E-state index >= 15 is 0 Å². The van der Waals surface area contributed by atoms with Crippen molar-refractivity contribution in [3.05, 3.63) is 12.7 Å². The second-order valence-electron chi connectivity index (χ2n) is 1.28. The summed E-state index contributed by atoms with van der Waals surface area (Å²) in [6.45, 7) is 3.75. The molecule has 0 unspecified atom stereocenters. The molecular weight excluding hydrogens is 134 g/mol. The van der Waals surface area contributed by atoms with Gasteiger partial charge in [-0.3, -0.25) is 0 Å². The van der Waals surface area contributed by atoms with Crippen LogP contribution in [0.1, 0.15) is 6.42 Å². The fraction of sp³-hybridized carbons (Fsp3) is 0.333. The molecule has 0 atom stereocenters. The Hall–Kier alpha value is -0.880. The second kappa shape index (κ2) is 5.26. The predicted molar refractivity (Wildman–Crippen MR) is 39.0 cm³/mol. The Balaban J connectivity index is 3.19. The third-order valence-electron chi connectivity index (χ3n) is 0.625. The molecule has 0 saturated heterocycles. The molecule has 0 aliphatic heterocycles. The molecule has 0 rings (SSSR count). The lowest BCUT2D eigenvalue weighted by molar-refractivity contribution is 0.325. The number of nitriles is 1. The van der Waals surface area contributed by atoms with Gasteiger partial charge in [-0.05, 0) is 18.3 Å². The fourth-order valence-electron chi connectivity index (χ4n) is 0.256. The monoisotopic (exact) mass is 141 g/mol. The van der Waals surface area contributed by atoms with Crippen LogP contribution in [-0.2, 0) is 4.74 Å². The lowest BCUT2D eigenvalue weighted by Crippen LogP contribution is -1.97. The Kier molecular flexibility index (Phi) is 4.75. The maximum atomic E-state index is 8.05. The van der Waals surface area contributed by atoms with Crippen LogP contribution in [0.3, 0.4) is 0 Å². The normalized spacial score (nSPS) is 7.44. The average Bonchev–Trinajstić information content (AvgIpc) is 1.89. The summed E-state index contributed by atoms with van der Waals surface area (Å²) in [6, 6.07) is 1.93. The van der Waals surface area contributed by atoms with Crippen LogP contribution in [0.15, 0.2) is 12.7 Å². The Morgan fingerprint density at radius 2 is 2.56 bits per heavy atom. The van der Waals surface area contributed by atoms with Crippen molar-refractivity contribution in [1.29, 1.82) is 5.26 Å². The van der Waals surface area contributed by atoms with Crippen LogP contribution >= 0.6 is 12.2 Å². The van der Waals surface area contributed by atoms with E-state index in [1.54, 1.807) is 0 Å². The second-order valence-corrected chi connectivity index (χ2v) is 1.68. The molecule has 0 saturated carbocycles. The lowest BCUT2D eigenvalue weighted by atomic mass is 10.5. The number of rotatable bonds is 3. The van der Waals surface area contributed by atoms with Crippen molar-refractivity contribution in [2.45, 2.75) is 6.42 Å². The van der Waals surface area contributed by atoms with E-state index in [1.165, 1.54) is 6.08 Å². The van der Waals surface area contributed by atoms with Crippen LogP contribution in [0.2, 0.25) is 0 Å². The van der Waals surface area contributed by atoms with E-state index in [0.717, 1.165) is 0 Å². The largest absolute Gasteiger partial charge is 0.482 e. The van der Waals surface area contributed by atoms with Crippen molar-refractivity contribution in [1.82, 2.24) is 0 Å². The van der Waals surface area contributed by atoms with Crippen molar-refractivity contribution in [2.75, 3.05) is 6.61 Å². The highest BCUT2D eigenvalue weighted by molar-refractivity contribution is 7.80. The summed E-state index contributed by atoms with van der Waals surface area (Å²) in [7, 11) is 0. The van der Waals surface area contributed by atoms with Gasteiger partial charge in [-0.25, -0.2) is 0 Å². The lowest BCUT2D eigenvalue weighted by Gasteiger charge is -1.97. The zero-order chi connectivity index (χ0) is 7.11. The van der Waals surface area contributed by atoms with Crippen molar-refractivity contribution in [2.24, 2.45) is 0 Å². The molecule has 0 aromatic rings. The third-order valence-corrected chi connectivity index (χ3v) is 0.909. The molecule has 0 bridgehead atoms. The van der Waals surface area contributed by atoms with Gasteiger partial charge < -0.3 is 4.74 Å². The molecule has 0 heterocycles. The minimum Gasteiger partial charge on any atom is -0.482 e. The fourth-order valence-corrected chi connectivity index (χ4v) is 0.340. The van der Waals surface area contributed by atoms with E-state index in [0.29, 0.717) is 18.1 Å². The van der Waals surface area contributed by atoms with E-state index in [2.05, 4.69) is 18.8 Å². The van der Waals surface area contributed by atoms with E-state index in [4.69, 9.17) is 10.00 Å². The minimum absolute atomic E-state index is 0.352.